The van der Waals surface area contributed by atoms with E-state index in [9.17, 15) is 0 Å². The summed E-state index contributed by atoms with van der Waals surface area (Å²) in [7, 11) is 2.19. The number of hydrogen-bond acceptors (Lipinski definition) is 3. The second kappa shape index (κ2) is 5.96. The van der Waals surface area contributed by atoms with Gasteiger partial charge in [0.1, 0.15) is 0 Å². The summed E-state index contributed by atoms with van der Waals surface area (Å²) in [6.45, 7) is 2.84. The molecule has 1 aromatic rings. The Balaban J connectivity index is 2.10. The number of hydrogen-bond donors (Lipinski definition) is 1. The third-order valence-corrected chi connectivity index (χ3v) is 4.16. The minimum Gasteiger partial charge on any atom is -0.306 e. The molecule has 1 aliphatic heterocycles. The van der Waals surface area contributed by atoms with Crippen molar-refractivity contribution in [2.24, 2.45) is 5.90 Å². The molecule has 0 bridgehead atoms. The van der Waals surface area contributed by atoms with Crippen LogP contribution in [0.5, 0.6) is 0 Å². The first-order valence-corrected chi connectivity index (χ1v) is 6.78. The highest BCUT2D eigenvalue weighted by atomic mass is 79.9. The summed E-state index contributed by atoms with van der Waals surface area (Å²) in [5.41, 5.74) is 2.52. The molecule has 4 heteroatoms. The van der Waals surface area contributed by atoms with Crippen LogP contribution in [0.1, 0.15) is 29.9 Å². The van der Waals surface area contributed by atoms with Crippen LogP contribution in [-0.2, 0) is 11.4 Å². The molecule has 2 rings (SSSR count). The van der Waals surface area contributed by atoms with Gasteiger partial charge in [-0.15, -0.1) is 0 Å². The molecule has 0 atom stereocenters. The Bertz CT molecular complexity index is 376. The molecule has 0 amide bonds. The molecular weight excluding hydrogens is 280 g/mol. The lowest BCUT2D eigenvalue weighted by atomic mass is 9.89. The molecule has 94 valence electrons. The van der Waals surface area contributed by atoms with Gasteiger partial charge in [0.15, 0.2) is 0 Å². The van der Waals surface area contributed by atoms with Crippen molar-refractivity contribution in [3.8, 4) is 0 Å². The van der Waals surface area contributed by atoms with Crippen LogP contribution in [0.2, 0.25) is 0 Å². The van der Waals surface area contributed by atoms with Gasteiger partial charge in [0.05, 0.1) is 6.61 Å². The standard InChI is InChI=1S/C13H19BrN2O/c1-16-6-4-11(5-7-16)12-3-2-10(9-17-15)8-13(12)14/h2-3,8,11H,4-7,9,15H2,1H3. The van der Waals surface area contributed by atoms with E-state index in [1.807, 2.05) is 0 Å². The van der Waals surface area contributed by atoms with Crippen molar-refractivity contribution in [2.75, 3.05) is 20.1 Å². The topological polar surface area (TPSA) is 38.5 Å². The highest BCUT2D eigenvalue weighted by molar-refractivity contribution is 9.10. The van der Waals surface area contributed by atoms with Crippen LogP contribution in [0.3, 0.4) is 0 Å². The van der Waals surface area contributed by atoms with Crippen molar-refractivity contribution in [1.29, 1.82) is 0 Å². The van der Waals surface area contributed by atoms with E-state index in [4.69, 9.17) is 5.90 Å². The fraction of sp³-hybridized carbons (Fsp3) is 0.538. The van der Waals surface area contributed by atoms with Crippen LogP contribution >= 0.6 is 15.9 Å². The molecule has 1 heterocycles. The van der Waals surface area contributed by atoms with E-state index in [2.05, 4.69) is 50.9 Å². The van der Waals surface area contributed by atoms with Crippen LogP contribution in [0, 0.1) is 0 Å². The molecule has 0 radical (unpaired) electrons. The molecule has 0 saturated carbocycles. The second-order valence-electron chi connectivity index (χ2n) is 4.74. The van der Waals surface area contributed by atoms with E-state index in [1.165, 1.54) is 36.0 Å². The van der Waals surface area contributed by atoms with Crippen LogP contribution in [0.25, 0.3) is 0 Å². The van der Waals surface area contributed by atoms with E-state index < -0.39 is 0 Å². The lowest BCUT2D eigenvalue weighted by molar-refractivity contribution is 0.124. The molecule has 1 saturated heterocycles. The monoisotopic (exact) mass is 298 g/mol. The fourth-order valence-corrected chi connectivity index (χ4v) is 3.16. The largest absolute Gasteiger partial charge is 0.306 e. The molecule has 0 aliphatic carbocycles. The highest BCUT2D eigenvalue weighted by Crippen LogP contribution is 2.33. The van der Waals surface area contributed by atoms with Gasteiger partial charge in [0.2, 0.25) is 0 Å². The van der Waals surface area contributed by atoms with Gasteiger partial charge in [0, 0.05) is 4.47 Å². The van der Waals surface area contributed by atoms with Crippen LogP contribution < -0.4 is 5.90 Å². The molecule has 0 unspecified atom stereocenters. The molecule has 1 aromatic carbocycles. The molecular formula is C13H19BrN2O. The lowest BCUT2D eigenvalue weighted by Crippen LogP contribution is -2.29. The third-order valence-electron chi connectivity index (χ3n) is 3.47. The number of rotatable bonds is 3. The summed E-state index contributed by atoms with van der Waals surface area (Å²) >= 11 is 3.66. The average molecular weight is 299 g/mol. The van der Waals surface area contributed by atoms with Gasteiger partial charge in [-0.2, -0.15) is 0 Å². The summed E-state index contributed by atoms with van der Waals surface area (Å²) in [6.07, 6.45) is 2.48. The predicted molar refractivity (Wildman–Crippen MR) is 72.6 cm³/mol. The minimum atomic E-state index is 0.465. The van der Waals surface area contributed by atoms with E-state index >= 15 is 0 Å². The summed E-state index contributed by atoms with van der Waals surface area (Å²) in [6, 6.07) is 6.42. The number of halogens is 1. The van der Waals surface area contributed by atoms with E-state index in [0.717, 1.165) is 5.56 Å². The van der Waals surface area contributed by atoms with Crippen LogP contribution in [0.15, 0.2) is 22.7 Å². The summed E-state index contributed by atoms with van der Waals surface area (Å²) in [5.74, 6) is 5.76. The Hall–Kier alpha value is -0.420. The quantitative estimate of drug-likeness (QED) is 0.872. The van der Waals surface area contributed by atoms with Gasteiger partial charge >= 0.3 is 0 Å². The van der Waals surface area contributed by atoms with Gasteiger partial charge in [-0.25, -0.2) is 5.90 Å². The summed E-state index contributed by atoms with van der Waals surface area (Å²) in [4.78, 5) is 7.04. The molecule has 1 fully saturated rings. The highest BCUT2D eigenvalue weighted by Gasteiger charge is 2.20. The Labute approximate surface area is 111 Å². The fourth-order valence-electron chi connectivity index (χ4n) is 2.41. The van der Waals surface area contributed by atoms with Crippen molar-refractivity contribution in [3.05, 3.63) is 33.8 Å². The normalized spacial score (nSPS) is 18.5. The van der Waals surface area contributed by atoms with Crippen molar-refractivity contribution >= 4 is 15.9 Å². The number of piperidine rings is 1. The van der Waals surface area contributed by atoms with Crippen molar-refractivity contribution in [2.45, 2.75) is 25.4 Å². The van der Waals surface area contributed by atoms with Crippen LogP contribution in [0.4, 0.5) is 0 Å². The first-order chi connectivity index (χ1) is 8.20. The molecule has 0 spiro atoms. The minimum absolute atomic E-state index is 0.465. The number of benzene rings is 1. The summed E-state index contributed by atoms with van der Waals surface area (Å²) < 4.78 is 1.18. The lowest BCUT2D eigenvalue weighted by Gasteiger charge is -2.29. The van der Waals surface area contributed by atoms with Gasteiger partial charge in [-0.3, -0.25) is 4.84 Å². The molecule has 2 N–H and O–H groups in total. The van der Waals surface area contributed by atoms with Gasteiger partial charge in [0.25, 0.3) is 0 Å². The zero-order chi connectivity index (χ0) is 12.3. The van der Waals surface area contributed by atoms with E-state index in [1.54, 1.807) is 0 Å². The Morgan fingerprint density at radius 2 is 2.12 bits per heavy atom. The predicted octanol–water partition coefficient (Wildman–Crippen LogP) is 2.65. The third kappa shape index (κ3) is 3.28. The average Bonchev–Trinajstić information content (AvgIpc) is 2.31. The molecule has 0 aromatic heterocycles. The molecule has 17 heavy (non-hydrogen) atoms. The molecule has 1 aliphatic rings. The Kier molecular flexibility index (Phi) is 4.56. The van der Waals surface area contributed by atoms with Gasteiger partial charge in [-0.1, -0.05) is 28.1 Å². The number of likely N-dealkylation sites (tertiary alicyclic amines) is 1. The van der Waals surface area contributed by atoms with Gasteiger partial charge < -0.3 is 4.90 Å². The SMILES string of the molecule is CN1CCC(c2ccc(CON)cc2Br)CC1. The maximum atomic E-state index is 5.09. The number of nitrogens with two attached hydrogens (primary N) is 1. The van der Waals surface area contributed by atoms with E-state index in [0.29, 0.717) is 12.5 Å². The molecule has 3 nitrogen and oxygen atoms in total. The second-order valence-corrected chi connectivity index (χ2v) is 5.60. The maximum absolute atomic E-state index is 5.09. The van der Waals surface area contributed by atoms with Crippen molar-refractivity contribution < 1.29 is 4.84 Å². The maximum Gasteiger partial charge on any atom is 0.0930 e. The van der Waals surface area contributed by atoms with Gasteiger partial charge in [-0.05, 0) is 56.1 Å². The van der Waals surface area contributed by atoms with Crippen molar-refractivity contribution in [3.63, 3.8) is 0 Å². The zero-order valence-corrected chi connectivity index (χ0v) is 11.7. The van der Waals surface area contributed by atoms with E-state index in [-0.39, 0.29) is 0 Å². The zero-order valence-electron chi connectivity index (χ0n) is 10.2. The Morgan fingerprint density at radius 1 is 1.41 bits per heavy atom. The Morgan fingerprint density at radius 3 is 2.71 bits per heavy atom. The summed E-state index contributed by atoms with van der Waals surface area (Å²) in [5, 5.41) is 0. The number of nitrogens with zero attached hydrogens (tertiary/aromatic N) is 1. The smallest absolute Gasteiger partial charge is 0.0930 e. The van der Waals surface area contributed by atoms with Crippen molar-refractivity contribution in [1.82, 2.24) is 4.90 Å². The first-order valence-electron chi connectivity index (χ1n) is 5.99. The first kappa shape index (κ1) is 13.0. The van der Waals surface area contributed by atoms with Crippen LogP contribution in [-0.4, -0.2) is 25.0 Å².